The van der Waals surface area contributed by atoms with E-state index in [0.29, 0.717) is 0 Å². The van der Waals surface area contributed by atoms with Crippen molar-refractivity contribution in [3.8, 4) is 5.75 Å². The largest absolute Gasteiger partial charge is 0.493 e. The fourth-order valence-corrected chi connectivity index (χ4v) is 2.78. The van der Waals surface area contributed by atoms with Crippen LogP contribution in [0.4, 0.5) is 5.69 Å². The smallest absolute Gasteiger partial charge is 0.123 e. The molecule has 20 heavy (non-hydrogen) atoms. The standard InChI is InChI=1S/C17H29NOS/c1-3-5-6-7-8-9-12-19-17-11-10-16(18)13-15(17)14-20-4-2/h10-11,13H,3-9,12,14,18H2,1-2H3. The first kappa shape index (κ1) is 17.2. The zero-order valence-corrected chi connectivity index (χ0v) is 13.8. The second-order valence-electron chi connectivity index (χ2n) is 5.12. The molecule has 0 radical (unpaired) electrons. The Morgan fingerprint density at radius 1 is 1.05 bits per heavy atom. The second-order valence-corrected chi connectivity index (χ2v) is 6.39. The van der Waals surface area contributed by atoms with E-state index in [-0.39, 0.29) is 0 Å². The van der Waals surface area contributed by atoms with E-state index in [4.69, 9.17) is 10.5 Å². The molecule has 0 spiro atoms. The molecule has 0 aromatic heterocycles. The predicted molar refractivity (Wildman–Crippen MR) is 91.6 cm³/mol. The van der Waals surface area contributed by atoms with Gasteiger partial charge in [0.15, 0.2) is 0 Å². The number of rotatable bonds is 11. The van der Waals surface area contributed by atoms with Gasteiger partial charge in [-0.1, -0.05) is 46.0 Å². The van der Waals surface area contributed by atoms with Crippen LogP contribution in [-0.4, -0.2) is 12.4 Å². The molecule has 0 heterocycles. The average Bonchev–Trinajstić information content (AvgIpc) is 2.45. The van der Waals surface area contributed by atoms with Gasteiger partial charge in [-0.3, -0.25) is 0 Å². The predicted octanol–water partition coefficient (Wildman–Crippen LogP) is 5.26. The van der Waals surface area contributed by atoms with Crippen LogP contribution in [0.3, 0.4) is 0 Å². The van der Waals surface area contributed by atoms with Gasteiger partial charge in [0.1, 0.15) is 5.75 Å². The fraction of sp³-hybridized carbons (Fsp3) is 0.647. The van der Waals surface area contributed by atoms with Gasteiger partial charge in [-0.2, -0.15) is 11.8 Å². The summed E-state index contributed by atoms with van der Waals surface area (Å²) in [6, 6.07) is 5.98. The van der Waals surface area contributed by atoms with Crippen molar-refractivity contribution in [2.24, 2.45) is 0 Å². The van der Waals surface area contributed by atoms with Crippen molar-refractivity contribution in [2.45, 2.75) is 58.1 Å². The molecular formula is C17H29NOS. The first-order valence-corrected chi connectivity index (χ1v) is 9.02. The summed E-state index contributed by atoms with van der Waals surface area (Å²) in [6.45, 7) is 5.24. The molecule has 1 rings (SSSR count). The van der Waals surface area contributed by atoms with Gasteiger partial charge < -0.3 is 10.5 Å². The number of ether oxygens (including phenoxy) is 1. The van der Waals surface area contributed by atoms with E-state index in [9.17, 15) is 0 Å². The highest BCUT2D eigenvalue weighted by Crippen LogP contribution is 2.26. The lowest BCUT2D eigenvalue weighted by molar-refractivity contribution is 0.302. The highest BCUT2D eigenvalue weighted by Gasteiger charge is 2.04. The number of hydrogen-bond acceptors (Lipinski definition) is 3. The molecule has 1 aromatic carbocycles. The summed E-state index contributed by atoms with van der Waals surface area (Å²) in [4.78, 5) is 0. The molecular weight excluding hydrogens is 266 g/mol. The summed E-state index contributed by atoms with van der Waals surface area (Å²) in [5, 5.41) is 0. The molecule has 0 atom stereocenters. The Bertz CT molecular complexity index is 368. The maximum Gasteiger partial charge on any atom is 0.123 e. The first-order chi connectivity index (χ1) is 9.77. The highest BCUT2D eigenvalue weighted by molar-refractivity contribution is 7.98. The highest BCUT2D eigenvalue weighted by atomic mass is 32.2. The van der Waals surface area contributed by atoms with Crippen molar-refractivity contribution < 1.29 is 4.74 Å². The van der Waals surface area contributed by atoms with Crippen LogP contribution in [0.2, 0.25) is 0 Å². The number of nitrogen functional groups attached to an aromatic ring is 1. The van der Waals surface area contributed by atoms with E-state index in [0.717, 1.165) is 36.0 Å². The lowest BCUT2D eigenvalue weighted by Crippen LogP contribution is -2.01. The minimum atomic E-state index is 0.819. The van der Waals surface area contributed by atoms with Gasteiger partial charge >= 0.3 is 0 Å². The molecule has 1 aromatic rings. The normalized spacial score (nSPS) is 10.7. The summed E-state index contributed by atoms with van der Waals surface area (Å²) in [7, 11) is 0. The molecule has 0 fully saturated rings. The molecule has 0 saturated carbocycles. The molecule has 114 valence electrons. The summed E-state index contributed by atoms with van der Waals surface area (Å²) in [5.74, 6) is 3.10. The van der Waals surface area contributed by atoms with E-state index in [1.165, 1.54) is 37.7 Å². The van der Waals surface area contributed by atoms with Crippen LogP contribution in [0.15, 0.2) is 18.2 Å². The Morgan fingerprint density at radius 2 is 1.80 bits per heavy atom. The van der Waals surface area contributed by atoms with E-state index in [2.05, 4.69) is 13.8 Å². The second kappa shape index (κ2) is 10.9. The monoisotopic (exact) mass is 295 g/mol. The molecule has 0 saturated heterocycles. The number of hydrogen-bond donors (Lipinski definition) is 1. The Balaban J connectivity index is 2.31. The Hall–Kier alpha value is -0.830. The van der Waals surface area contributed by atoms with Crippen LogP contribution in [0, 0.1) is 0 Å². The van der Waals surface area contributed by atoms with Gasteiger partial charge in [-0.25, -0.2) is 0 Å². The molecule has 0 unspecified atom stereocenters. The molecule has 0 aliphatic rings. The molecule has 2 N–H and O–H groups in total. The van der Waals surface area contributed by atoms with Crippen molar-refractivity contribution in [3.63, 3.8) is 0 Å². The van der Waals surface area contributed by atoms with Crippen LogP contribution in [0.5, 0.6) is 5.75 Å². The zero-order valence-electron chi connectivity index (χ0n) is 13.0. The summed E-state index contributed by atoms with van der Waals surface area (Å²) in [6.07, 6.45) is 7.77. The van der Waals surface area contributed by atoms with Gasteiger partial charge in [0, 0.05) is 17.0 Å². The number of unbranched alkanes of at least 4 members (excludes halogenated alkanes) is 5. The Kier molecular flexibility index (Phi) is 9.38. The average molecular weight is 295 g/mol. The topological polar surface area (TPSA) is 35.2 Å². The minimum Gasteiger partial charge on any atom is -0.493 e. The third kappa shape index (κ3) is 7.09. The van der Waals surface area contributed by atoms with Crippen LogP contribution in [0.1, 0.15) is 57.9 Å². The van der Waals surface area contributed by atoms with Crippen LogP contribution < -0.4 is 10.5 Å². The molecule has 2 nitrogen and oxygen atoms in total. The van der Waals surface area contributed by atoms with E-state index in [1.54, 1.807) is 0 Å². The molecule has 0 amide bonds. The molecule has 3 heteroatoms. The van der Waals surface area contributed by atoms with Crippen LogP contribution >= 0.6 is 11.8 Å². The van der Waals surface area contributed by atoms with Crippen molar-refractivity contribution >= 4 is 17.4 Å². The summed E-state index contributed by atoms with van der Waals surface area (Å²) in [5.41, 5.74) is 7.90. The third-order valence-electron chi connectivity index (χ3n) is 3.30. The summed E-state index contributed by atoms with van der Waals surface area (Å²) >= 11 is 1.90. The Labute approximate surface area is 128 Å². The fourth-order valence-electron chi connectivity index (χ4n) is 2.13. The Morgan fingerprint density at radius 3 is 2.55 bits per heavy atom. The number of benzene rings is 1. The summed E-state index contributed by atoms with van der Waals surface area (Å²) < 4.78 is 5.93. The third-order valence-corrected chi connectivity index (χ3v) is 4.23. The van der Waals surface area contributed by atoms with Crippen LogP contribution in [0.25, 0.3) is 0 Å². The van der Waals surface area contributed by atoms with Gasteiger partial charge in [0.2, 0.25) is 0 Å². The zero-order chi connectivity index (χ0) is 14.6. The number of nitrogens with two attached hydrogens (primary N) is 1. The van der Waals surface area contributed by atoms with Crippen molar-refractivity contribution in [1.82, 2.24) is 0 Å². The molecule has 0 bridgehead atoms. The lowest BCUT2D eigenvalue weighted by atomic mass is 10.1. The number of anilines is 1. The maximum atomic E-state index is 5.93. The minimum absolute atomic E-state index is 0.819. The van der Waals surface area contributed by atoms with Crippen molar-refractivity contribution in [3.05, 3.63) is 23.8 Å². The number of thioether (sulfide) groups is 1. The first-order valence-electron chi connectivity index (χ1n) is 7.86. The van der Waals surface area contributed by atoms with Crippen molar-refractivity contribution in [2.75, 3.05) is 18.1 Å². The van der Waals surface area contributed by atoms with Gasteiger partial charge in [-0.05, 0) is 30.4 Å². The SMILES string of the molecule is CCCCCCCCOc1ccc(N)cc1CSCC. The van der Waals surface area contributed by atoms with Crippen LogP contribution in [-0.2, 0) is 5.75 Å². The lowest BCUT2D eigenvalue weighted by Gasteiger charge is -2.12. The van der Waals surface area contributed by atoms with E-state index in [1.807, 2.05) is 30.0 Å². The van der Waals surface area contributed by atoms with Gasteiger partial charge in [0.05, 0.1) is 6.61 Å². The van der Waals surface area contributed by atoms with Crippen molar-refractivity contribution in [1.29, 1.82) is 0 Å². The maximum absolute atomic E-state index is 5.93. The quantitative estimate of drug-likeness (QED) is 0.446. The molecule has 0 aliphatic carbocycles. The van der Waals surface area contributed by atoms with Gasteiger partial charge in [0.25, 0.3) is 0 Å². The van der Waals surface area contributed by atoms with E-state index >= 15 is 0 Å². The molecule has 0 aliphatic heterocycles. The van der Waals surface area contributed by atoms with E-state index < -0.39 is 0 Å². The van der Waals surface area contributed by atoms with Gasteiger partial charge in [-0.15, -0.1) is 0 Å².